The molecule has 1 unspecified atom stereocenters. The lowest BCUT2D eigenvalue weighted by atomic mass is 10.1. The quantitative estimate of drug-likeness (QED) is 0.928. The first kappa shape index (κ1) is 15.8. The van der Waals surface area contributed by atoms with E-state index in [1.807, 2.05) is 23.1 Å². The van der Waals surface area contributed by atoms with Crippen molar-refractivity contribution in [1.82, 2.24) is 4.90 Å². The number of benzene rings is 1. The van der Waals surface area contributed by atoms with Crippen LogP contribution in [0.5, 0.6) is 5.75 Å². The van der Waals surface area contributed by atoms with E-state index in [9.17, 15) is 9.90 Å². The zero-order valence-electron chi connectivity index (χ0n) is 12.9. The van der Waals surface area contributed by atoms with Gasteiger partial charge in [0, 0.05) is 13.1 Å². The Hall–Kier alpha value is -1.55. The molecular formula is C17H25NO3. The SMILES string of the molecule is CC(Oc1cccc([C@@H](C)O)c1)C(=O)N1CCCCCC1. The highest BCUT2D eigenvalue weighted by molar-refractivity contribution is 5.80. The number of ether oxygens (including phenoxy) is 1. The van der Waals surface area contributed by atoms with E-state index in [2.05, 4.69) is 0 Å². The molecule has 21 heavy (non-hydrogen) atoms. The zero-order valence-corrected chi connectivity index (χ0v) is 12.9. The van der Waals surface area contributed by atoms with Crippen LogP contribution in [-0.4, -0.2) is 35.1 Å². The fraction of sp³-hybridized carbons (Fsp3) is 0.588. The number of likely N-dealkylation sites (tertiary alicyclic amines) is 1. The van der Waals surface area contributed by atoms with Crippen molar-refractivity contribution in [3.63, 3.8) is 0 Å². The number of aliphatic hydroxyl groups is 1. The summed E-state index contributed by atoms with van der Waals surface area (Å²) in [4.78, 5) is 14.3. The Morgan fingerprint density at radius 1 is 1.19 bits per heavy atom. The normalized spacial score (nSPS) is 18.7. The first-order valence-corrected chi connectivity index (χ1v) is 7.81. The van der Waals surface area contributed by atoms with Gasteiger partial charge in [0.05, 0.1) is 6.10 Å². The van der Waals surface area contributed by atoms with Crippen LogP contribution in [-0.2, 0) is 4.79 Å². The van der Waals surface area contributed by atoms with Crippen LogP contribution >= 0.6 is 0 Å². The van der Waals surface area contributed by atoms with Gasteiger partial charge in [-0.15, -0.1) is 0 Å². The molecule has 1 saturated heterocycles. The summed E-state index contributed by atoms with van der Waals surface area (Å²) in [5, 5.41) is 9.60. The van der Waals surface area contributed by atoms with Gasteiger partial charge in [0.25, 0.3) is 5.91 Å². The van der Waals surface area contributed by atoms with E-state index >= 15 is 0 Å². The highest BCUT2D eigenvalue weighted by atomic mass is 16.5. The molecule has 0 radical (unpaired) electrons. The molecule has 2 rings (SSSR count). The Morgan fingerprint density at radius 2 is 1.86 bits per heavy atom. The minimum atomic E-state index is -0.537. The second-order valence-corrected chi connectivity index (χ2v) is 5.75. The first-order chi connectivity index (χ1) is 10.1. The Morgan fingerprint density at radius 3 is 2.48 bits per heavy atom. The minimum Gasteiger partial charge on any atom is -0.481 e. The summed E-state index contributed by atoms with van der Waals surface area (Å²) in [6.07, 6.45) is 3.54. The van der Waals surface area contributed by atoms with Gasteiger partial charge in [-0.1, -0.05) is 25.0 Å². The molecule has 1 N–H and O–H groups in total. The van der Waals surface area contributed by atoms with Crippen molar-refractivity contribution in [2.24, 2.45) is 0 Å². The molecule has 0 spiro atoms. The van der Waals surface area contributed by atoms with Crippen LogP contribution in [0.4, 0.5) is 0 Å². The molecule has 0 aromatic heterocycles. The third-order valence-corrected chi connectivity index (χ3v) is 3.92. The molecule has 4 heteroatoms. The number of amides is 1. The number of rotatable bonds is 4. The van der Waals surface area contributed by atoms with Gasteiger partial charge in [-0.05, 0) is 44.4 Å². The molecule has 0 aliphatic carbocycles. The van der Waals surface area contributed by atoms with Gasteiger partial charge in [-0.2, -0.15) is 0 Å². The molecule has 2 atom stereocenters. The second-order valence-electron chi connectivity index (χ2n) is 5.75. The second kappa shape index (κ2) is 7.46. The van der Waals surface area contributed by atoms with Crippen LogP contribution in [0.2, 0.25) is 0 Å². The summed E-state index contributed by atoms with van der Waals surface area (Å²) in [6.45, 7) is 5.17. The summed E-state index contributed by atoms with van der Waals surface area (Å²) in [5.41, 5.74) is 0.793. The van der Waals surface area contributed by atoms with E-state index in [1.54, 1.807) is 19.9 Å². The van der Waals surface area contributed by atoms with Crippen molar-refractivity contribution in [3.05, 3.63) is 29.8 Å². The Balaban J connectivity index is 1.98. The standard InChI is InChI=1S/C17H25NO3/c1-13(19)15-8-7-9-16(12-15)21-14(2)17(20)18-10-5-3-4-6-11-18/h7-9,12-14,19H,3-6,10-11H2,1-2H3/t13-,14?/m1/s1. The van der Waals surface area contributed by atoms with E-state index in [-0.39, 0.29) is 5.91 Å². The highest BCUT2D eigenvalue weighted by Gasteiger charge is 2.22. The molecular weight excluding hydrogens is 266 g/mol. The van der Waals surface area contributed by atoms with Crippen molar-refractivity contribution < 1.29 is 14.6 Å². The lowest BCUT2D eigenvalue weighted by Crippen LogP contribution is -2.41. The van der Waals surface area contributed by atoms with Crippen molar-refractivity contribution in [3.8, 4) is 5.75 Å². The lowest BCUT2D eigenvalue weighted by molar-refractivity contribution is -0.137. The van der Waals surface area contributed by atoms with Gasteiger partial charge in [0.1, 0.15) is 5.75 Å². The number of carbonyl (C=O) groups is 1. The fourth-order valence-corrected chi connectivity index (χ4v) is 2.65. The molecule has 1 heterocycles. The van der Waals surface area contributed by atoms with Crippen molar-refractivity contribution in [1.29, 1.82) is 0 Å². The van der Waals surface area contributed by atoms with Gasteiger partial charge in [-0.3, -0.25) is 4.79 Å². The largest absolute Gasteiger partial charge is 0.481 e. The predicted octanol–water partition coefficient (Wildman–Crippen LogP) is 2.91. The molecule has 1 aliphatic rings. The van der Waals surface area contributed by atoms with E-state index in [1.165, 1.54) is 12.8 Å². The van der Waals surface area contributed by atoms with Crippen LogP contribution in [0.15, 0.2) is 24.3 Å². The first-order valence-electron chi connectivity index (χ1n) is 7.81. The maximum Gasteiger partial charge on any atom is 0.263 e. The van der Waals surface area contributed by atoms with Crippen LogP contribution < -0.4 is 4.74 Å². The third-order valence-electron chi connectivity index (χ3n) is 3.92. The predicted molar refractivity (Wildman–Crippen MR) is 82.2 cm³/mol. The van der Waals surface area contributed by atoms with Crippen molar-refractivity contribution >= 4 is 5.91 Å². The van der Waals surface area contributed by atoms with Gasteiger partial charge in [0.2, 0.25) is 0 Å². The summed E-state index contributed by atoms with van der Waals surface area (Å²) in [5.74, 6) is 0.684. The zero-order chi connectivity index (χ0) is 15.2. The maximum absolute atomic E-state index is 12.4. The maximum atomic E-state index is 12.4. The third kappa shape index (κ3) is 4.46. The van der Waals surface area contributed by atoms with Crippen LogP contribution in [0.1, 0.15) is 51.2 Å². The number of carbonyl (C=O) groups excluding carboxylic acids is 1. The van der Waals surface area contributed by atoms with Crippen molar-refractivity contribution in [2.45, 2.75) is 51.7 Å². The summed E-state index contributed by atoms with van der Waals surface area (Å²) >= 11 is 0. The van der Waals surface area contributed by atoms with E-state index in [0.29, 0.717) is 5.75 Å². The average Bonchev–Trinajstić information content (AvgIpc) is 2.75. The molecule has 1 aliphatic heterocycles. The Bertz CT molecular complexity index is 465. The number of aliphatic hydroxyl groups excluding tert-OH is 1. The van der Waals surface area contributed by atoms with Gasteiger partial charge < -0.3 is 14.7 Å². The minimum absolute atomic E-state index is 0.0550. The monoisotopic (exact) mass is 291 g/mol. The Labute approximate surface area is 126 Å². The molecule has 1 aromatic rings. The lowest BCUT2D eigenvalue weighted by Gasteiger charge is -2.24. The number of hydrogen-bond acceptors (Lipinski definition) is 3. The van der Waals surface area contributed by atoms with Crippen LogP contribution in [0, 0.1) is 0 Å². The molecule has 4 nitrogen and oxygen atoms in total. The van der Waals surface area contributed by atoms with Gasteiger partial charge >= 0.3 is 0 Å². The van der Waals surface area contributed by atoms with Gasteiger partial charge in [-0.25, -0.2) is 0 Å². The average molecular weight is 291 g/mol. The van der Waals surface area contributed by atoms with Crippen LogP contribution in [0.25, 0.3) is 0 Å². The molecule has 1 aromatic carbocycles. The molecule has 0 saturated carbocycles. The molecule has 116 valence electrons. The Kier molecular flexibility index (Phi) is 5.62. The summed E-state index contributed by atoms with van der Waals surface area (Å²) < 4.78 is 5.76. The highest BCUT2D eigenvalue weighted by Crippen LogP contribution is 2.20. The molecule has 1 fully saturated rings. The number of nitrogens with zero attached hydrogens (tertiary/aromatic N) is 1. The number of hydrogen-bond donors (Lipinski definition) is 1. The van der Waals surface area contributed by atoms with E-state index < -0.39 is 12.2 Å². The topological polar surface area (TPSA) is 49.8 Å². The van der Waals surface area contributed by atoms with Crippen molar-refractivity contribution in [2.75, 3.05) is 13.1 Å². The smallest absolute Gasteiger partial charge is 0.263 e. The summed E-state index contributed by atoms with van der Waals surface area (Å²) in [6, 6.07) is 7.29. The fourth-order valence-electron chi connectivity index (χ4n) is 2.65. The molecule has 1 amide bonds. The van der Waals surface area contributed by atoms with Gasteiger partial charge in [0.15, 0.2) is 6.10 Å². The van der Waals surface area contributed by atoms with E-state index in [0.717, 1.165) is 31.5 Å². The van der Waals surface area contributed by atoms with Crippen LogP contribution in [0.3, 0.4) is 0 Å². The summed E-state index contributed by atoms with van der Waals surface area (Å²) in [7, 11) is 0. The van der Waals surface area contributed by atoms with E-state index in [4.69, 9.17) is 4.74 Å². The molecule has 0 bridgehead atoms.